The topological polar surface area (TPSA) is 34.0 Å². The second kappa shape index (κ2) is 8.17. The van der Waals surface area contributed by atoms with Crippen molar-refractivity contribution in [2.45, 2.75) is 20.4 Å². The van der Waals surface area contributed by atoms with Gasteiger partial charge in [0.2, 0.25) is 0 Å². The lowest BCUT2D eigenvalue weighted by Crippen LogP contribution is -3.13. The van der Waals surface area contributed by atoms with Crippen molar-refractivity contribution in [1.29, 1.82) is 0 Å². The third-order valence-electron chi connectivity index (χ3n) is 4.81. The summed E-state index contributed by atoms with van der Waals surface area (Å²) in [4.78, 5) is 15.9. The summed E-state index contributed by atoms with van der Waals surface area (Å²) in [7, 11) is 0. The molecule has 1 fully saturated rings. The Bertz CT molecular complexity index is 707. The van der Waals surface area contributed by atoms with Gasteiger partial charge >= 0.3 is 0 Å². The number of amides is 1. The number of piperazine rings is 1. The highest BCUT2D eigenvalue weighted by atomic mass is 16.5. The molecule has 1 aliphatic rings. The first-order chi connectivity index (χ1) is 12.1. The number of ether oxygens (including phenoxy) is 1. The minimum Gasteiger partial charge on any atom is -0.483 e. The van der Waals surface area contributed by atoms with Crippen molar-refractivity contribution < 1.29 is 14.4 Å². The summed E-state index contributed by atoms with van der Waals surface area (Å²) in [5, 5.41) is 0. The maximum absolute atomic E-state index is 12.4. The van der Waals surface area contributed by atoms with E-state index in [0.29, 0.717) is 0 Å². The predicted molar refractivity (Wildman–Crippen MR) is 98.8 cm³/mol. The third-order valence-corrected chi connectivity index (χ3v) is 4.81. The Morgan fingerprint density at radius 3 is 2.52 bits per heavy atom. The van der Waals surface area contributed by atoms with Gasteiger partial charge in [-0.15, -0.1) is 0 Å². The molecule has 1 saturated heterocycles. The summed E-state index contributed by atoms with van der Waals surface area (Å²) < 4.78 is 5.76. The van der Waals surface area contributed by atoms with Gasteiger partial charge in [0.1, 0.15) is 12.3 Å². The Morgan fingerprint density at radius 2 is 1.80 bits per heavy atom. The number of hydrogen-bond acceptors (Lipinski definition) is 2. The van der Waals surface area contributed by atoms with Gasteiger partial charge in [-0.1, -0.05) is 42.5 Å². The van der Waals surface area contributed by atoms with Crippen LogP contribution in [0, 0.1) is 13.8 Å². The number of nitrogens with zero attached hydrogens (tertiary/aromatic N) is 1. The number of carbonyl (C=O) groups excluding carboxylic acids is 1. The van der Waals surface area contributed by atoms with Crippen molar-refractivity contribution in [2.75, 3.05) is 32.8 Å². The molecule has 4 nitrogen and oxygen atoms in total. The number of nitrogens with one attached hydrogen (secondary N) is 1. The Kier molecular flexibility index (Phi) is 5.71. The van der Waals surface area contributed by atoms with Gasteiger partial charge in [-0.05, 0) is 31.0 Å². The number of quaternary nitrogens is 1. The van der Waals surface area contributed by atoms with Crippen LogP contribution in [-0.2, 0) is 11.3 Å². The molecule has 0 spiro atoms. The van der Waals surface area contributed by atoms with Crippen LogP contribution in [0.5, 0.6) is 5.75 Å². The highest BCUT2D eigenvalue weighted by Gasteiger charge is 2.24. The van der Waals surface area contributed by atoms with Crippen molar-refractivity contribution in [3.63, 3.8) is 0 Å². The van der Waals surface area contributed by atoms with Crippen molar-refractivity contribution in [2.24, 2.45) is 0 Å². The lowest BCUT2D eigenvalue weighted by atomic mass is 10.1. The monoisotopic (exact) mass is 339 g/mol. The summed E-state index contributed by atoms with van der Waals surface area (Å²) in [6.45, 7) is 8.77. The van der Waals surface area contributed by atoms with Gasteiger partial charge in [0.05, 0.1) is 26.2 Å². The van der Waals surface area contributed by atoms with Crippen LogP contribution in [0.2, 0.25) is 0 Å². The summed E-state index contributed by atoms with van der Waals surface area (Å²) in [5.41, 5.74) is 3.57. The van der Waals surface area contributed by atoms with Gasteiger partial charge in [-0.2, -0.15) is 0 Å². The molecule has 3 rings (SSSR count). The van der Waals surface area contributed by atoms with E-state index >= 15 is 0 Å². The molecule has 0 saturated carbocycles. The largest absolute Gasteiger partial charge is 0.483 e. The summed E-state index contributed by atoms with van der Waals surface area (Å²) >= 11 is 0. The fraction of sp³-hybridized carbons (Fsp3) is 0.381. The number of hydrogen-bond donors (Lipinski definition) is 1. The number of aryl methyl sites for hydroxylation is 2. The Morgan fingerprint density at radius 1 is 1.08 bits per heavy atom. The SMILES string of the molecule is Cc1ccc(C)c(OCC(=O)N2CC[NH+](Cc3ccccc3)CC2)c1. The van der Waals surface area contributed by atoms with Gasteiger partial charge < -0.3 is 14.5 Å². The molecule has 0 aliphatic carbocycles. The average molecular weight is 339 g/mol. The van der Waals surface area contributed by atoms with Crippen molar-refractivity contribution >= 4 is 5.91 Å². The summed E-state index contributed by atoms with van der Waals surface area (Å²) in [6, 6.07) is 16.6. The molecular formula is C21H27N2O2+. The smallest absolute Gasteiger partial charge is 0.260 e. The maximum atomic E-state index is 12.4. The molecule has 25 heavy (non-hydrogen) atoms. The summed E-state index contributed by atoms with van der Waals surface area (Å²) in [6.07, 6.45) is 0. The number of carbonyl (C=O) groups is 1. The Labute approximate surface area is 150 Å². The molecule has 0 aromatic heterocycles. The summed E-state index contributed by atoms with van der Waals surface area (Å²) in [5.74, 6) is 0.890. The molecule has 0 unspecified atom stereocenters. The predicted octanol–water partition coefficient (Wildman–Crippen LogP) is 1.61. The zero-order chi connectivity index (χ0) is 17.6. The minimum atomic E-state index is 0.0830. The average Bonchev–Trinajstić information content (AvgIpc) is 2.64. The van der Waals surface area contributed by atoms with Crippen molar-refractivity contribution in [3.05, 3.63) is 65.2 Å². The van der Waals surface area contributed by atoms with Gasteiger partial charge in [-0.25, -0.2) is 0 Å². The zero-order valence-electron chi connectivity index (χ0n) is 15.1. The van der Waals surface area contributed by atoms with E-state index < -0.39 is 0 Å². The van der Waals surface area contributed by atoms with Gasteiger partial charge in [0.25, 0.3) is 5.91 Å². The third kappa shape index (κ3) is 4.83. The fourth-order valence-corrected chi connectivity index (χ4v) is 3.23. The van der Waals surface area contributed by atoms with E-state index in [1.165, 1.54) is 10.5 Å². The van der Waals surface area contributed by atoms with Gasteiger partial charge in [0, 0.05) is 5.56 Å². The number of rotatable bonds is 5. The molecular weight excluding hydrogens is 312 g/mol. The highest BCUT2D eigenvalue weighted by Crippen LogP contribution is 2.19. The van der Waals surface area contributed by atoms with E-state index in [1.54, 1.807) is 0 Å². The van der Waals surface area contributed by atoms with E-state index in [1.807, 2.05) is 36.9 Å². The standard InChI is InChI=1S/C21H26N2O2/c1-17-8-9-18(2)20(14-17)25-16-21(24)23-12-10-22(11-13-23)15-19-6-4-3-5-7-19/h3-9,14H,10-13,15-16H2,1-2H3/p+1. The first-order valence-corrected chi connectivity index (χ1v) is 8.97. The number of benzene rings is 2. The van der Waals surface area contributed by atoms with E-state index in [-0.39, 0.29) is 12.5 Å². The quantitative estimate of drug-likeness (QED) is 0.898. The highest BCUT2D eigenvalue weighted by molar-refractivity contribution is 5.77. The molecule has 1 amide bonds. The van der Waals surface area contributed by atoms with Gasteiger partial charge in [0.15, 0.2) is 6.61 Å². The van der Waals surface area contributed by atoms with E-state index in [4.69, 9.17) is 4.74 Å². The van der Waals surface area contributed by atoms with Crippen LogP contribution < -0.4 is 9.64 Å². The molecule has 0 bridgehead atoms. The van der Waals surface area contributed by atoms with E-state index in [9.17, 15) is 4.79 Å². The van der Waals surface area contributed by atoms with Crippen molar-refractivity contribution in [3.8, 4) is 5.75 Å². The van der Waals surface area contributed by atoms with Crippen LogP contribution >= 0.6 is 0 Å². The zero-order valence-corrected chi connectivity index (χ0v) is 15.1. The first kappa shape index (κ1) is 17.5. The molecule has 132 valence electrons. The first-order valence-electron chi connectivity index (χ1n) is 8.97. The van der Waals surface area contributed by atoms with Crippen LogP contribution in [0.15, 0.2) is 48.5 Å². The van der Waals surface area contributed by atoms with Crippen LogP contribution in [0.4, 0.5) is 0 Å². The van der Waals surface area contributed by atoms with Crippen molar-refractivity contribution in [1.82, 2.24) is 4.90 Å². The normalized spacial score (nSPS) is 15.2. The Hall–Kier alpha value is -2.33. The molecule has 1 heterocycles. The van der Waals surface area contributed by atoms with Crippen LogP contribution in [0.25, 0.3) is 0 Å². The molecule has 2 aromatic carbocycles. The Balaban J connectivity index is 1.46. The molecule has 0 radical (unpaired) electrons. The van der Waals surface area contributed by atoms with E-state index in [2.05, 4.69) is 30.3 Å². The van der Waals surface area contributed by atoms with E-state index in [0.717, 1.165) is 49.6 Å². The fourth-order valence-electron chi connectivity index (χ4n) is 3.23. The molecule has 1 N–H and O–H groups in total. The van der Waals surface area contributed by atoms with Gasteiger partial charge in [-0.3, -0.25) is 4.79 Å². The molecule has 2 aromatic rings. The lowest BCUT2D eigenvalue weighted by Gasteiger charge is -2.32. The molecule has 0 atom stereocenters. The maximum Gasteiger partial charge on any atom is 0.260 e. The molecule has 4 heteroatoms. The second-order valence-electron chi connectivity index (χ2n) is 6.85. The van der Waals surface area contributed by atoms with Crippen LogP contribution in [0.1, 0.15) is 16.7 Å². The lowest BCUT2D eigenvalue weighted by molar-refractivity contribution is -0.917. The minimum absolute atomic E-state index is 0.0830. The van der Waals surface area contributed by atoms with Crippen LogP contribution in [-0.4, -0.2) is 43.6 Å². The second-order valence-corrected chi connectivity index (χ2v) is 6.85. The van der Waals surface area contributed by atoms with Crippen LogP contribution in [0.3, 0.4) is 0 Å². The molecule has 1 aliphatic heterocycles.